The Hall–Kier alpha value is -0.250. The first kappa shape index (κ1) is 13.2. The highest BCUT2D eigenvalue weighted by atomic mass is 79.9. The quantitative estimate of drug-likeness (QED) is 0.782. The highest BCUT2D eigenvalue weighted by molar-refractivity contribution is 9.10. The monoisotopic (exact) mass is 318 g/mol. The van der Waals surface area contributed by atoms with Gasteiger partial charge in [0.25, 0.3) is 0 Å². The molecule has 1 aromatic rings. The van der Waals surface area contributed by atoms with Crippen LogP contribution in [0, 0.1) is 12.8 Å². The summed E-state index contributed by atoms with van der Waals surface area (Å²) >= 11 is 10.1. The normalized spacial score (nSPS) is 21.5. The summed E-state index contributed by atoms with van der Waals surface area (Å²) in [4.78, 5) is 0. The van der Waals surface area contributed by atoms with Crippen LogP contribution in [0.4, 0.5) is 0 Å². The predicted octanol–water partition coefficient (Wildman–Crippen LogP) is 4.08. The van der Waals surface area contributed by atoms with Crippen LogP contribution >= 0.6 is 27.5 Å². The molecule has 0 N–H and O–H groups in total. The number of methoxy groups -OCH3 is 1. The predicted molar refractivity (Wildman–Crippen MR) is 73.0 cm³/mol. The molecule has 2 rings (SSSR count). The Labute approximate surface area is 115 Å². The fourth-order valence-electron chi connectivity index (χ4n) is 2.10. The molecule has 4 heteroatoms. The van der Waals surface area contributed by atoms with Crippen molar-refractivity contribution in [2.24, 2.45) is 5.92 Å². The minimum Gasteiger partial charge on any atom is -0.496 e. The summed E-state index contributed by atoms with van der Waals surface area (Å²) < 4.78 is 11.9. The molecule has 1 fully saturated rings. The zero-order valence-corrected chi connectivity index (χ0v) is 12.3. The average molecular weight is 320 g/mol. The van der Waals surface area contributed by atoms with Crippen LogP contribution < -0.4 is 4.74 Å². The van der Waals surface area contributed by atoms with Crippen LogP contribution in [0.2, 0.25) is 0 Å². The van der Waals surface area contributed by atoms with E-state index in [1.807, 2.05) is 13.0 Å². The Kier molecular flexibility index (Phi) is 4.34. The maximum Gasteiger partial charge on any atom is 0.123 e. The smallest absolute Gasteiger partial charge is 0.123 e. The van der Waals surface area contributed by atoms with Gasteiger partial charge in [0.05, 0.1) is 19.1 Å². The van der Waals surface area contributed by atoms with E-state index in [2.05, 4.69) is 22.0 Å². The highest BCUT2D eigenvalue weighted by Gasteiger charge is 2.27. The van der Waals surface area contributed by atoms with Gasteiger partial charge in [-0.15, -0.1) is 11.6 Å². The molecular formula is C13H16BrClO2. The minimum atomic E-state index is -0.0515. The molecule has 2 nitrogen and oxygen atoms in total. The van der Waals surface area contributed by atoms with E-state index in [4.69, 9.17) is 21.1 Å². The topological polar surface area (TPSA) is 18.5 Å². The third kappa shape index (κ3) is 2.78. The number of alkyl halides is 1. The number of aryl methyl sites for hydroxylation is 1. The van der Waals surface area contributed by atoms with E-state index in [9.17, 15) is 0 Å². The summed E-state index contributed by atoms with van der Waals surface area (Å²) in [6, 6.07) is 4.08. The summed E-state index contributed by atoms with van der Waals surface area (Å²) in [5, 5.41) is -0.0515. The van der Waals surface area contributed by atoms with Gasteiger partial charge in [-0.25, -0.2) is 0 Å². The molecular weight excluding hydrogens is 303 g/mol. The van der Waals surface area contributed by atoms with Crippen molar-refractivity contribution in [2.45, 2.75) is 18.7 Å². The molecule has 0 amide bonds. The molecule has 0 aliphatic carbocycles. The molecule has 17 heavy (non-hydrogen) atoms. The van der Waals surface area contributed by atoms with E-state index >= 15 is 0 Å². The number of halogens is 2. The number of ether oxygens (including phenoxy) is 2. The summed E-state index contributed by atoms with van der Waals surface area (Å²) in [6.45, 7) is 3.59. The van der Waals surface area contributed by atoms with Crippen LogP contribution in [0.1, 0.15) is 22.9 Å². The van der Waals surface area contributed by atoms with Crippen LogP contribution in [-0.4, -0.2) is 20.3 Å². The molecule has 2 unspecified atom stereocenters. The number of rotatable bonds is 3. The second-order valence-corrected chi connectivity index (χ2v) is 5.69. The summed E-state index contributed by atoms with van der Waals surface area (Å²) in [6.07, 6.45) is 1.02. The van der Waals surface area contributed by atoms with Gasteiger partial charge in [-0.1, -0.05) is 15.9 Å². The van der Waals surface area contributed by atoms with Gasteiger partial charge in [-0.2, -0.15) is 0 Å². The third-order valence-corrected chi connectivity index (χ3v) is 4.63. The molecule has 1 saturated heterocycles. The summed E-state index contributed by atoms with van der Waals surface area (Å²) in [5.41, 5.74) is 2.19. The van der Waals surface area contributed by atoms with Gasteiger partial charge < -0.3 is 9.47 Å². The molecule has 0 spiro atoms. The first-order chi connectivity index (χ1) is 8.13. The molecule has 0 bridgehead atoms. The summed E-state index contributed by atoms with van der Waals surface area (Å²) in [5.74, 6) is 1.23. The van der Waals surface area contributed by atoms with Crippen LogP contribution in [0.25, 0.3) is 0 Å². The van der Waals surface area contributed by atoms with Crippen LogP contribution in [0.15, 0.2) is 16.6 Å². The van der Waals surface area contributed by atoms with Crippen molar-refractivity contribution in [3.8, 4) is 5.75 Å². The number of benzene rings is 1. The van der Waals surface area contributed by atoms with Gasteiger partial charge in [-0.05, 0) is 31.0 Å². The van der Waals surface area contributed by atoms with Crippen LogP contribution in [0.5, 0.6) is 5.75 Å². The van der Waals surface area contributed by atoms with Gasteiger partial charge in [-0.3, -0.25) is 0 Å². The Morgan fingerprint density at radius 3 is 2.88 bits per heavy atom. The SMILES string of the molecule is COc1cc(C)c(Br)cc1C(Cl)C1CCOC1. The van der Waals surface area contributed by atoms with Crippen molar-refractivity contribution in [2.75, 3.05) is 20.3 Å². The van der Waals surface area contributed by atoms with E-state index in [1.54, 1.807) is 7.11 Å². The lowest BCUT2D eigenvalue weighted by Gasteiger charge is -2.19. The Morgan fingerprint density at radius 1 is 1.53 bits per heavy atom. The van der Waals surface area contributed by atoms with E-state index < -0.39 is 0 Å². The van der Waals surface area contributed by atoms with Crippen molar-refractivity contribution < 1.29 is 9.47 Å². The van der Waals surface area contributed by atoms with Crippen molar-refractivity contribution in [3.05, 3.63) is 27.7 Å². The first-order valence-corrected chi connectivity index (χ1v) is 6.92. The Bertz CT molecular complexity index is 403. The first-order valence-electron chi connectivity index (χ1n) is 5.69. The largest absolute Gasteiger partial charge is 0.496 e. The Morgan fingerprint density at radius 2 is 2.29 bits per heavy atom. The molecule has 0 saturated carbocycles. The average Bonchev–Trinajstić information content (AvgIpc) is 2.84. The fraction of sp³-hybridized carbons (Fsp3) is 0.538. The third-order valence-electron chi connectivity index (χ3n) is 3.19. The molecule has 0 radical (unpaired) electrons. The minimum absolute atomic E-state index is 0.0515. The highest BCUT2D eigenvalue weighted by Crippen LogP contribution is 2.40. The van der Waals surface area contributed by atoms with Crippen molar-refractivity contribution >= 4 is 27.5 Å². The standard InChI is InChI=1S/C13H16BrClO2/c1-8-5-12(16-2)10(6-11(8)14)13(15)9-3-4-17-7-9/h5-6,9,13H,3-4,7H2,1-2H3. The number of hydrogen-bond donors (Lipinski definition) is 0. The zero-order chi connectivity index (χ0) is 12.4. The van der Waals surface area contributed by atoms with E-state index in [-0.39, 0.29) is 5.38 Å². The van der Waals surface area contributed by atoms with Crippen molar-refractivity contribution in [3.63, 3.8) is 0 Å². The van der Waals surface area contributed by atoms with E-state index in [0.717, 1.165) is 41.0 Å². The van der Waals surface area contributed by atoms with Gasteiger partial charge in [0, 0.05) is 22.6 Å². The molecule has 1 aliphatic heterocycles. The van der Waals surface area contributed by atoms with Gasteiger partial charge >= 0.3 is 0 Å². The molecule has 2 atom stereocenters. The van der Waals surface area contributed by atoms with E-state index in [1.165, 1.54) is 0 Å². The van der Waals surface area contributed by atoms with Crippen LogP contribution in [0.3, 0.4) is 0 Å². The maximum absolute atomic E-state index is 6.54. The van der Waals surface area contributed by atoms with Gasteiger partial charge in [0.2, 0.25) is 0 Å². The van der Waals surface area contributed by atoms with Crippen LogP contribution in [-0.2, 0) is 4.74 Å². The maximum atomic E-state index is 6.54. The lowest BCUT2D eigenvalue weighted by atomic mass is 9.96. The van der Waals surface area contributed by atoms with Gasteiger partial charge in [0.1, 0.15) is 5.75 Å². The van der Waals surface area contributed by atoms with Crippen molar-refractivity contribution in [1.82, 2.24) is 0 Å². The lowest BCUT2D eigenvalue weighted by Crippen LogP contribution is -2.09. The second kappa shape index (κ2) is 5.59. The van der Waals surface area contributed by atoms with Gasteiger partial charge in [0.15, 0.2) is 0 Å². The molecule has 1 aromatic carbocycles. The molecule has 0 aromatic heterocycles. The Balaban J connectivity index is 2.32. The zero-order valence-electron chi connectivity index (χ0n) is 10.0. The molecule has 94 valence electrons. The fourth-order valence-corrected chi connectivity index (χ4v) is 2.83. The van der Waals surface area contributed by atoms with Crippen molar-refractivity contribution in [1.29, 1.82) is 0 Å². The second-order valence-electron chi connectivity index (χ2n) is 4.37. The summed E-state index contributed by atoms with van der Waals surface area (Å²) in [7, 11) is 1.68. The molecule has 1 aliphatic rings. The number of hydrogen-bond acceptors (Lipinski definition) is 2. The molecule has 1 heterocycles. The van der Waals surface area contributed by atoms with E-state index in [0.29, 0.717) is 5.92 Å². The lowest BCUT2D eigenvalue weighted by molar-refractivity contribution is 0.185.